The van der Waals surface area contributed by atoms with Crippen LogP contribution >= 0.6 is 0 Å². The zero-order chi connectivity index (χ0) is 29.4. The number of carbonyl (C=O) groups is 4. The molecule has 0 fully saturated rings. The van der Waals surface area contributed by atoms with E-state index in [1.807, 2.05) is 55.4 Å². The van der Waals surface area contributed by atoms with Crippen molar-refractivity contribution in [3.8, 4) is 0 Å². The molecule has 0 radical (unpaired) electrons. The lowest BCUT2D eigenvalue weighted by molar-refractivity contribution is 0.0634. The molecule has 0 aliphatic carbocycles. The van der Waals surface area contributed by atoms with Crippen molar-refractivity contribution < 1.29 is 19.2 Å². The van der Waals surface area contributed by atoms with Crippen LogP contribution in [0, 0.1) is 0 Å². The molecule has 2 aromatic rings. The van der Waals surface area contributed by atoms with Gasteiger partial charge in [-0.2, -0.15) is 0 Å². The Kier molecular flexibility index (Phi) is 11.3. The van der Waals surface area contributed by atoms with Gasteiger partial charge >= 0.3 is 0 Å². The number of hydrogen-bond acceptors (Lipinski definition) is 4. The molecule has 212 valence electrons. The fourth-order valence-corrected chi connectivity index (χ4v) is 4.66. The molecular weight excluding hydrogens is 492 g/mol. The van der Waals surface area contributed by atoms with E-state index >= 15 is 0 Å². The van der Waals surface area contributed by atoms with Crippen molar-refractivity contribution in [3.63, 3.8) is 0 Å². The largest absolute Gasteiger partial charge is 0.350 e. The fraction of sp³-hybridized carbons (Fsp3) is 0.484. The molecule has 8 heteroatoms. The number of nitrogens with zero attached hydrogens (tertiary/aromatic N) is 2. The van der Waals surface area contributed by atoms with Gasteiger partial charge in [0.2, 0.25) is 0 Å². The van der Waals surface area contributed by atoms with Crippen molar-refractivity contribution in [2.45, 2.75) is 92.5 Å². The lowest BCUT2D eigenvalue weighted by atomic mass is 10.1. The van der Waals surface area contributed by atoms with Crippen molar-refractivity contribution in [2.24, 2.45) is 0 Å². The summed E-state index contributed by atoms with van der Waals surface area (Å²) in [5, 5.41) is 5.69. The van der Waals surface area contributed by atoms with Gasteiger partial charge in [-0.1, -0.05) is 0 Å². The molecule has 2 aromatic carbocycles. The molecule has 0 heterocycles. The SMILES string of the molecule is CC(C)N(C(=O)c1ccc(C(=O)NC[C@@H](C)NC(=O)c2ccc(C(=O)N(C(C)C)C(C)C)cc2)cc1)C(C)C. The number of rotatable bonds is 11. The van der Waals surface area contributed by atoms with E-state index < -0.39 is 0 Å². The first-order valence-electron chi connectivity index (χ1n) is 13.7. The van der Waals surface area contributed by atoms with Gasteiger partial charge in [-0.3, -0.25) is 19.2 Å². The molecule has 2 rings (SSSR count). The Hall–Kier alpha value is -3.68. The van der Waals surface area contributed by atoms with E-state index in [-0.39, 0.29) is 60.4 Å². The highest BCUT2D eigenvalue weighted by atomic mass is 16.2. The van der Waals surface area contributed by atoms with Crippen LogP contribution in [0.3, 0.4) is 0 Å². The second-order valence-electron chi connectivity index (χ2n) is 11.0. The first-order valence-corrected chi connectivity index (χ1v) is 13.7. The van der Waals surface area contributed by atoms with E-state index in [4.69, 9.17) is 0 Å². The minimum Gasteiger partial charge on any atom is -0.350 e. The molecule has 0 aliphatic heterocycles. The standard InChI is InChI=1S/C31H44N4O4/c1-19(2)34(20(3)4)30(38)26-14-10-24(11-15-26)28(36)32-18-23(9)33-29(37)25-12-16-27(17-13-25)31(39)35(21(5)6)22(7)8/h10-17,19-23H,18H2,1-9H3,(H,32,36)(H,33,37)/t23-/m1/s1. The van der Waals surface area contributed by atoms with Crippen molar-refractivity contribution >= 4 is 23.6 Å². The molecular formula is C31H44N4O4. The lowest BCUT2D eigenvalue weighted by Gasteiger charge is -2.30. The van der Waals surface area contributed by atoms with E-state index in [1.165, 1.54) is 0 Å². The van der Waals surface area contributed by atoms with E-state index in [1.54, 1.807) is 65.3 Å². The second kappa shape index (κ2) is 13.9. The van der Waals surface area contributed by atoms with Crippen molar-refractivity contribution in [1.82, 2.24) is 20.4 Å². The summed E-state index contributed by atoms with van der Waals surface area (Å²) < 4.78 is 0. The highest BCUT2D eigenvalue weighted by Gasteiger charge is 2.23. The Morgan fingerprint density at radius 3 is 1.18 bits per heavy atom. The topological polar surface area (TPSA) is 98.8 Å². The maximum absolute atomic E-state index is 12.9. The summed E-state index contributed by atoms with van der Waals surface area (Å²) in [6.07, 6.45) is 0. The van der Waals surface area contributed by atoms with Crippen LogP contribution in [0.2, 0.25) is 0 Å². The van der Waals surface area contributed by atoms with Gasteiger partial charge in [0.1, 0.15) is 0 Å². The number of carbonyl (C=O) groups excluding carboxylic acids is 4. The van der Waals surface area contributed by atoms with Gasteiger partial charge in [0.25, 0.3) is 23.6 Å². The van der Waals surface area contributed by atoms with Crippen LogP contribution in [0.15, 0.2) is 48.5 Å². The predicted octanol–water partition coefficient (Wildman–Crippen LogP) is 4.75. The Labute approximate surface area is 233 Å². The first kappa shape index (κ1) is 31.5. The summed E-state index contributed by atoms with van der Waals surface area (Å²) in [7, 11) is 0. The summed E-state index contributed by atoms with van der Waals surface area (Å²) in [4.78, 5) is 54.6. The third-order valence-corrected chi connectivity index (χ3v) is 6.43. The van der Waals surface area contributed by atoms with E-state index in [0.717, 1.165) is 0 Å². The normalized spacial score (nSPS) is 12.0. The van der Waals surface area contributed by atoms with Gasteiger partial charge in [-0.05, 0) is 111 Å². The molecule has 0 aliphatic rings. The van der Waals surface area contributed by atoms with Gasteiger partial charge in [-0.15, -0.1) is 0 Å². The van der Waals surface area contributed by atoms with Gasteiger partial charge < -0.3 is 20.4 Å². The summed E-state index contributed by atoms with van der Waals surface area (Å²) in [6.45, 7) is 17.8. The monoisotopic (exact) mass is 536 g/mol. The molecule has 4 amide bonds. The van der Waals surface area contributed by atoms with Gasteiger partial charge in [0, 0.05) is 59.0 Å². The van der Waals surface area contributed by atoms with Crippen LogP contribution < -0.4 is 10.6 Å². The summed E-state index contributed by atoms with van der Waals surface area (Å²) in [6, 6.07) is 13.1. The van der Waals surface area contributed by atoms with Crippen molar-refractivity contribution in [1.29, 1.82) is 0 Å². The van der Waals surface area contributed by atoms with E-state index in [0.29, 0.717) is 22.3 Å². The number of hydrogen-bond donors (Lipinski definition) is 2. The van der Waals surface area contributed by atoms with Gasteiger partial charge in [0.15, 0.2) is 0 Å². The third-order valence-electron chi connectivity index (χ3n) is 6.43. The highest BCUT2D eigenvalue weighted by molar-refractivity contribution is 5.99. The lowest BCUT2D eigenvalue weighted by Crippen LogP contribution is -2.42. The molecule has 8 nitrogen and oxygen atoms in total. The van der Waals surface area contributed by atoms with Gasteiger partial charge in [0.05, 0.1) is 0 Å². The molecule has 1 atom stereocenters. The predicted molar refractivity (Wildman–Crippen MR) is 155 cm³/mol. The zero-order valence-corrected chi connectivity index (χ0v) is 24.7. The van der Waals surface area contributed by atoms with Crippen LogP contribution in [-0.2, 0) is 0 Å². The zero-order valence-electron chi connectivity index (χ0n) is 24.7. The Bertz CT molecular complexity index is 1120. The molecule has 0 aromatic heterocycles. The minimum absolute atomic E-state index is 0.0667. The third kappa shape index (κ3) is 8.40. The Morgan fingerprint density at radius 1 is 0.538 bits per heavy atom. The average Bonchev–Trinajstić information content (AvgIpc) is 2.86. The highest BCUT2D eigenvalue weighted by Crippen LogP contribution is 2.15. The molecule has 0 bridgehead atoms. The molecule has 0 spiro atoms. The van der Waals surface area contributed by atoms with Crippen LogP contribution in [0.25, 0.3) is 0 Å². The molecule has 0 saturated heterocycles. The Morgan fingerprint density at radius 2 is 0.846 bits per heavy atom. The van der Waals surface area contributed by atoms with Crippen molar-refractivity contribution in [2.75, 3.05) is 6.54 Å². The van der Waals surface area contributed by atoms with Gasteiger partial charge in [-0.25, -0.2) is 0 Å². The Balaban J connectivity index is 1.93. The second-order valence-corrected chi connectivity index (χ2v) is 11.0. The summed E-state index contributed by atoms with van der Waals surface area (Å²) in [5.41, 5.74) is 1.93. The first-order chi connectivity index (χ1) is 18.2. The average molecular weight is 537 g/mol. The van der Waals surface area contributed by atoms with Crippen molar-refractivity contribution in [3.05, 3.63) is 70.8 Å². The maximum atomic E-state index is 12.9. The van der Waals surface area contributed by atoms with Crippen LogP contribution in [0.4, 0.5) is 0 Å². The van der Waals surface area contributed by atoms with E-state index in [9.17, 15) is 19.2 Å². The molecule has 2 N–H and O–H groups in total. The summed E-state index contributed by atoms with van der Waals surface area (Å²) >= 11 is 0. The van der Waals surface area contributed by atoms with Crippen LogP contribution in [0.1, 0.15) is 104 Å². The quantitative estimate of drug-likeness (QED) is 0.433. The maximum Gasteiger partial charge on any atom is 0.254 e. The summed E-state index contributed by atoms with van der Waals surface area (Å²) in [5.74, 6) is -0.721. The number of nitrogens with one attached hydrogen (secondary N) is 2. The number of benzene rings is 2. The van der Waals surface area contributed by atoms with E-state index in [2.05, 4.69) is 10.6 Å². The smallest absolute Gasteiger partial charge is 0.254 e. The minimum atomic E-state index is -0.327. The number of amides is 4. The van der Waals surface area contributed by atoms with Crippen LogP contribution in [-0.4, -0.2) is 70.2 Å². The molecule has 0 unspecified atom stereocenters. The van der Waals surface area contributed by atoms with Crippen LogP contribution in [0.5, 0.6) is 0 Å². The molecule has 39 heavy (non-hydrogen) atoms. The molecule has 0 saturated carbocycles. The fourth-order valence-electron chi connectivity index (χ4n) is 4.66.